The molecule has 1 aromatic heterocycles. The van der Waals surface area contributed by atoms with E-state index in [1.807, 2.05) is 30.3 Å². The Kier molecular flexibility index (Phi) is 7.57. The second-order valence-electron chi connectivity index (χ2n) is 8.88. The first-order chi connectivity index (χ1) is 16.5. The molecule has 3 heterocycles. The van der Waals surface area contributed by atoms with Gasteiger partial charge in [0.15, 0.2) is 0 Å². The minimum atomic E-state index is -1.18. The summed E-state index contributed by atoms with van der Waals surface area (Å²) < 4.78 is 11.1. The Labute approximate surface area is 199 Å². The van der Waals surface area contributed by atoms with Gasteiger partial charge in [0, 0.05) is 45.8 Å². The number of amides is 3. The molecule has 0 saturated carbocycles. The highest BCUT2D eigenvalue weighted by Gasteiger charge is 2.54. The van der Waals surface area contributed by atoms with Crippen molar-refractivity contribution >= 4 is 17.7 Å². The van der Waals surface area contributed by atoms with Gasteiger partial charge in [0.1, 0.15) is 5.75 Å². The molecule has 2 unspecified atom stereocenters. The number of likely N-dealkylation sites (tertiary alicyclic amines) is 2. The number of methoxy groups -OCH3 is 1. The fourth-order valence-electron chi connectivity index (χ4n) is 4.82. The van der Waals surface area contributed by atoms with Crippen LogP contribution in [0.5, 0.6) is 5.75 Å². The standard InChI is InChI=1S/C26H31N3O5/c1-33-22-11-6-13-28(19-22)23(30)16-26(20-8-3-2-4-9-20)17-24(31)29(25(26)32)14-7-15-34-21-10-5-12-27-18-21/h2-5,8-10,12,18,22H,6-7,11,13-17,19H2,1H3. The number of nitrogens with zero attached hydrogens (tertiary/aromatic N) is 3. The maximum atomic E-state index is 13.7. The average molecular weight is 466 g/mol. The molecule has 2 aromatic rings. The van der Waals surface area contributed by atoms with Crippen molar-refractivity contribution in [1.82, 2.24) is 14.8 Å². The first-order valence-electron chi connectivity index (χ1n) is 11.8. The van der Waals surface area contributed by atoms with Gasteiger partial charge in [-0.05, 0) is 37.0 Å². The van der Waals surface area contributed by atoms with Gasteiger partial charge in [-0.1, -0.05) is 30.3 Å². The highest BCUT2D eigenvalue weighted by atomic mass is 16.5. The summed E-state index contributed by atoms with van der Waals surface area (Å²) >= 11 is 0. The number of rotatable bonds is 9. The van der Waals surface area contributed by atoms with Crippen LogP contribution >= 0.6 is 0 Å². The first kappa shape index (κ1) is 23.9. The maximum absolute atomic E-state index is 13.7. The van der Waals surface area contributed by atoms with Crippen LogP contribution in [0, 0.1) is 0 Å². The second kappa shape index (κ2) is 10.8. The lowest BCUT2D eigenvalue weighted by molar-refractivity contribution is -0.143. The molecule has 0 spiro atoms. The van der Waals surface area contributed by atoms with Crippen LogP contribution in [0.4, 0.5) is 0 Å². The van der Waals surface area contributed by atoms with Crippen LogP contribution in [-0.4, -0.2) is 72.0 Å². The molecule has 0 aliphatic carbocycles. The molecule has 0 N–H and O–H groups in total. The number of imide groups is 1. The number of pyridine rings is 1. The Morgan fingerprint density at radius 2 is 2.00 bits per heavy atom. The van der Waals surface area contributed by atoms with Gasteiger partial charge < -0.3 is 14.4 Å². The van der Waals surface area contributed by atoms with E-state index < -0.39 is 5.41 Å². The Bertz CT molecular complexity index is 1000. The molecule has 8 nitrogen and oxygen atoms in total. The van der Waals surface area contributed by atoms with E-state index in [0.29, 0.717) is 37.4 Å². The van der Waals surface area contributed by atoms with Gasteiger partial charge >= 0.3 is 0 Å². The minimum Gasteiger partial charge on any atom is -0.492 e. The van der Waals surface area contributed by atoms with Gasteiger partial charge in [-0.2, -0.15) is 0 Å². The summed E-state index contributed by atoms with van der Waals surface area (Å²) in [6.07, 6.45) is 5.52. The number of aromatic nitrogens is 1. The van der Waals surface area contributed by atoms with Gasteiger partial charge in [0.2, 0.25) is 17.7 Å². The molecule has 2 atom stereocenters. The summed E-state index contributed by atoms with van der Waals surface area (Å²) in [6, 6.07) is 12.8. The van der Waals surface area contributed by atoms with Crippen LogP contribution in [0.1, 0.15) is 37.7 Å². The largest absolute Gasteiger partial charge is 0.492 e. The molecule has 2 saturated heterocycles. The zero-order chi connectivity index (χ0) is 24.0. The molecule has 34 heavy (non-hydrogen) atoms. The summed E-state index contributed by atoms with van der Waals surface area (Å²) in [4.78, 5) is 47.1. The smallest absolute Gasteiger partial charge is 0.240 e. The van der Waals surface area contributed by atoms with E-state index in [2.05, 4.69) is 4.98 Å². The number of carbonyl (C=O) groups excluding carboxylic acids is 3. The molecule has 1 aromatic carbocycles. The SMILES string of the molecule is COC1CCCN(C(=O)CC2(c3ccccc3)CC(=O)N(CCCOc3cccnc3)C2=O)C1. The van der Waals surface area contributed by atoms with Crippen LogP contribution in [0.25, 0.3) is 0 Å². The molecule has 180 valence electrons. The van der Waals surface area contributed by atoms with Gasteiger partial charge in [-0.3, -0.25) is 24.3 Å². The summed E-state index contributed by atoms with van der Waals surface area (Å²) in [5.74, 6) is -0.0367. The van der Waals surface area contributed by atoms with Crippen LogP contribution in [0.2, 0.25) is 0 Å². The van der Waals surface area contributed by atoms with Crippen molar-refractivity contribution in [2.24, 2.45) is 0 Å². The second-order valence-corrected chi connectivity index (χ2v) is 8.88. The summed E-state index contributed by atoms with van der Waals surface area (Å²) in [5.41, 5.74) is -0.476. The Morgan fingerprint density at radius 1 is 1.18 bits per heavy atom. The molecule has 2 fully saturated rings. The molecule has 2 aliphatic rings. The van der Waals surface area contributed by atoms with Crippen LogP contribution < -0.4 is 4.74 Å². The number of carbonyl (C=O) groups is 3. The van der Waals surface area contributed by atoms with Crippen molar-refractivity contribution in [1.29, 1.82) is 0 Å². The predicted molar refractivity (Wildman–Crippen MR) is 125 cm³/mol. The van der Waals surface area contributed by atoms with Gasteiger partial charge in [0.25, 0.3) is 0 Å². The lowest BCUT2D eigenvalue weighted by Gasteiger charge is -2.35. The van der Waals surface area contributed by atoms with Crippen molar-refractivity contribution in [3.8, 4) is 5.75 Å². The van der Waals surface area contributed by atoms with Gasteiger partial charge in [-0.15, -0.1) is 0 Å². The normalized spacial score (nSPS) is 22.8. The van der Waals surface area contributed by atoms with E-state index in [4.69, 9.17) is 9.47 Å². The third kappa shape index (κ3) is 5.12. The monoisotopic (exact) mass is 465 g/mol. The zero-order valence-electron chi connectivity index (χ0n) is 19.5. The van der Waals surface area contributed by atoms with E-state index >= 15 is 0 Å². The molecular weight excluding hydrogens is 434 g/mol. The summed E-state index contributed by atoms with van der Waals surface area (Å²) in [6.45, 7) is 1.75. The highest BCUT2D eigenvalue weighted by Crippen LogP contribution is 2.40. The van der Waals surface area contributed by atoms with Crippen molar-refractivity contribution < 1.29 is 23.9 Å². The third-order valence-electron chi connectivity index (χ3n) is 6.68. The van der Waals surface area contributed by atoms with Crippen LogP contribution in [0.15, 0.2) is 54.9 Å². The Balaban J connectivity index is 1.47. The summed E-state index contributed by atoms with van der Waals surface area (Å²) in [5, 5.41) is 0. The highest BCUT2D eigenvalue weighted by molar-refractivity contribution is 6.10. The van der Waals surface area contributed by atoms with E-state index in [1.54, 1.807) is 36.5 Å². The fraction of sp³-hybridized carbons (Fsp3) is 0.462. The van der Waals surface area contributed by atoms with Gasteiger partial charge in [0.05, 0.1) is 24.3 Å². The van der Waals surface area contributed by atoms with Gasteiger partial charge in [-0.25, -0.2) is 0 Å². The van der Waals surface area contributed by atoms with Crippen LogP contribution in [-0.2, 0) is 24.5 Å². The minimum absolute atomic E-state index is 0.00241. The number of ether oxygens (including phenoxy) is 2. The van der Waals surface area contributed by atoms with Crippen molar-refractivity contribution in [2.45, 2.75) is 43.6 Å². The third-order valence-corrected chi connectivity index (χ3v) is 6.68. The van der Waals surface area contributed by atoms with Crippen molar-refractivity contribution in [2.75, 3.05) is 33.4 Å². The number of hydrogen-bond acceptors (Lipinski definition) is 6. The molecule has 2 aliphatic heterocycles. The maximum Gasteiger partial charge on any atom is 0.240 e. The summed E-state index contributed by atoms with van der Waals surface area (Å²) in [7, 11) is 1.65. The topological polar surface area (TPSA) is 89.0 Å². The number of benzene rings is 1. The van der Waals surface area contributed by atoms with Crippen molar-refractivity contribution in [3.05, 3.63) is 60.4 Å². The number of hydrogen-bond donors (Lipinski definition) is 0. The zero-order valence-corrected chi connectivity index (χ0v) is 19.5. The lowest BCUT2D eigenvalue weighted by Crippen LogP contribution is -2.47. The average Bonchev–Trinajstić information content (AvgIpc) is 3.12. The van der Waals surface area contributed by atoms with E-state index in [0.717, 1.165) is 12.8 Å². The lowest BCUT2D eigenvalue weighted by atomic mass is 9.75. The molecule has 0 radical (unpaired) electrons. The molecule has 8 heteroatoms. The Morgan fingerprint density at radius 3 is 2.74 bits per heavy atom. The van der Waals surface area contributed by atoms with E-state index in [9.17, 15) is 14.4 Å². The molecule has 3 amide bonds. The van der Waals surface area contributed by atoms with E-state index in [1.165, 1.54) is 4.90 Å². The van der Waals surface area contributed by atoms with Crippen LogP contribution in [0.3, 0.4) is 0 Å². The first-order valence-corrected chi connectivity index (χ1v) is 11.8. The molecule has 4 rings (SSSR count). The molecular formula is C26H31N3O5. The fourth-order valence-corrected chi connectivity index (χ4v) is 4.82. The predicted octanol–water partition coefficient (Wildman–Crippen LogP) is 2.57. The quantitative estimate of drug-likeness (QED) is 0.418. The molecule has 0 bridgehead atoms. The number of piperidine rings is 1. The van der Waals surface area contributed by atoms with E-state index in [-0.39, 0.29) is 43.2 Å². The Hall–Kier alpha value is -3.26. The van der Waals surface area contributed by atoms with Crippen molar-refractivity contribution in [3.63, 3.8) is 0 Å².